The summed E-state index contributed by atoms with van der Waals surface area (Å²) in [7, 11) is 0. The van der Waals surface area contributed by atoms with E-state index in [0.29, 0.717) is 12.2 Å². The molecule has 2 N–H and O–H groups in total. The lowest BCUT2D eigenvalue weighted by Crippen LogP contribution is -2.27. The van der Waals surface area contributed by atoms with Crippen LogP contribution in [0.5, 0.6) is 0 Å². The lowest BCUT2D eigenvalue weighted by atomic mass is 10.1. The molecule has 0 unspecified atom stereocenters. The first-order chi connectivity index (χ1) is 8.75. The number of aromatic nitrogens is 1. The second-order valence-electron chi connectivity index (χ2n) is 4.40. The SMILES string of the molecule is C[C@H](C[C@@H](O)c1ccco1)NCc1ccncc1. The summed E-state index contributed by atoms with van der Waals surface area (Å²) in [6.45, 7) is 2.82. The molecule has 18 heavy (non-hydrogen) atoms. The zero-order valence-corrected chi connectivity index (χ0v) is 10.4. The van der Waals surface area contributed by atoms with Crippen LogP contribution in [0.15, 0.2) is 47.3 Å². The van der Waals surface area contributed by atoms with Gasteiger partial charge in [-0.1, -0.05) is 0 Å². The van der Waals surface area contributed by atoms with Crippen molar-refractivity contribution in [2.75, 3.05) is 0 Å². The predicted molar refractivity (Wildman–Crippen MR) is 68.8 cm³/mol. The number of rotatable bonds is 6. The van der Waals surface area contributed by atoms with Crippen LogP contribution in [-0.2, 0) is 6.54 Å². The standard InChI is InChI=1S/C14H18N2O2/c1-11(9-13(17)14-3-2-8-18-14)16-10-12-4-6-15-7-5-12/h2-8,11,13,16-17H,9-10H2,1H3/t11-,13-/m1/s1. The Labute approximate surface area is 107 Å². The zero-order valence-electron chi connectivity index (χ0n) is 10.4. The molecule has 0 saturated carbocycles. The van der Waals surface area contributed by atoms with Crippen LogP contribution in [0.2, 0.25) is 0 Å². The van der Waals surface area contributed by atoms with Crippen molar-refractivity contribution in [3.05, 3.63) is 54.2 Å². The minimum atomic E-state index is -0.556. The van der Waals surface area contributed by atoms with Crippen LogP contribution in [0.1, 0.15) is 30.8 Å². The fourth-order valence-corrected chi connectivity index (χ4v) is 1.81. The Morgan fingerprint density at radius 1 is 1.33 bits per heavy atom. The molecular formula is C14H18N2O2. The summed E-state index contributed by atoms with van der Waals surface area (Å²) in [6, 6.07) is 7.73. The Balaban J connectivity index is 1.77. The molecule has 0 aliphatic carbocycles. The van der Waals surface area contributed by atoms with Gasteiger partial charge < -0.3 is 14.8 Å². The smallest absolute Gasteiger partial charge is 0.132 e. The molecule has 0 aliphatic heterocycles. The third kappa shape index (κ3) is 3.68. The van der Waals surface area contributed by atoms with Crippen LogP contribution >= 0.6 is 0 Å². The van der Waals surface area contributed by atoms with Gasteiger partial charge in [-0.05, 0) is 43.2 Å². The van der Waals surface area contributed by atoms with Crippen molar-refractivity contribution in [2.45, 2.75) is 32.0 Å². The summed E-state index contributed by atoms with van der Waals surface area (Å²) in [5, 5.41) is 13.3. The van der Waals surface area contributed by atoms with Crippen molar-refractivity contribution in [2.24, 2.45) is 0 Å². The van der Waals surface area contributed by atoms with E-state index >= 15 is 0 Å². The molecular weight excluding hydrogens is 228 g/mol. The number of nitrogens with one attached hydrogen (secondary N) is 1. The van der Waals surface area contributed by atoms with E-state index in [-0.39, 0.29) is 6.04 Å². The topological polar surface area (TPSA) is 58.3 Å². The van der Waals surface area contributed by atoms with Gasteiger partial charge in [-0.15, -0.1) is 0 Å². The average Bonchev–Trinajstić information content (AvgIpc) is 2.91. The Hall–Kier alpha value is -1.65. The fourth-order valence-electron chi connectivity index (χ4n) is 1.81. The van der Waals surface area contributed by atoms with E-state index in [1.165, 1.54) is 5.56 Å². The van der Waals surface area contributed by atoms with Crippen LogP contribution in [0.25, 0.3) is 0 Å². The first kappa shape index (κ1) is 12.8. The van der Waals surface area contributed by atoms with Crippen LogP contribution in [0.4, 0.5) is 0 Å². The quantitative estimate of drug-likeness (QED) is 0.821. The van der Waals surface area contributed by atoms with Gasteiger partial charge in [0.25, 0.3) is 0 Å². The van der Waals surface area contributed by atoms with Crippen molar-refractivity contribution in [1.82, 2.24) is 10.3 Å². The van der Waals surface area contributed by atoms with Gasteiger partial charge in [-0.3, -0.25) is 4.98 Å². The first-order valence-electron chi connectivity index (χ1n) is 6.09. The molecule has 0 bridgehead atoms. The molecule has 0 amide bonds. The van der Waals surface area contributed by atoms with Crippen molar-refractivity contribution in [3.63, 3.8) is 0 Å². The maximum absolute atomic E-state index is 9.93. The van der Waals surface area contributed by atoms with Gasteiger partial charge in [-0.25, -0.2) is 0 Å². The molecule has 2 rings (SSSR count). The van der Waals surface area contributed by atoms with E-state index in [2.05, 4.69) is 10.3 Å². The summed E-state index contributed by atoms with van der Waals surface area (Å²) >= 11 is 0. The number of furan rings is 1. The highest BCUT2D eigenvalue weighted by atomic mass is 16.4. The number of nitrogens with zero attached hydrogens (tertiary/aromatic N) is 1. The van der Waals surface area contributed by atoms with Crippen molar-refractivity contribution in [1.29, 1.82) is 0 Å². The van der Waals surface area contributed by atoms with Crippen molar-refractivity contribution < 1.29 is 9.52 Å². The van der Waals surface area contributed by atoms with Gasteiger partial charge >= 0.3 is 0 Å². The van der Waals surface area contributed by atoms with E-state index < -0.39 is 6.10 Å². The monoisotopic (exact) mass is 246 g/mol. The second kappa shape index (κ2) is 6.33. The van der Waals surface area contributed by atoms with E-state index in [1.54, 1.807) is 30.8 Å². The van der Waals surface area contributed by atoms with Crippen LogP contribution in [0.3, 0.4) is 0 Å². The van der Waals surface area contributed by atoms with Crippen molar-refractivity contribution >= 4 is 0 Å². The maximum Gasteiger partial charge on any atom is 0.132 e. The largest absolute Gasteiger partial charge is 0.467 e. The van der Waals surface area contributed by atoms with E-state index in [1.807, 2.05) is 19.1 Å². The summed E-state index contributed by atoms with van der Waals surface area (Å²) in [6.07, 6.45) is 5.20. The Morgan fingerprint density at radius 2 is 2.11 bits per heavy atom. The highest BCUT2D eigenvalue weighted by Gasteiger charge is 2.14. The van der Waals surface area contributed by atoms with Gasteiger partial charge in [0, 0.05) is 25.0 Å². The Bertz CT molecular complexity index is 442. The van der Waals surface area contributed by atoms with Gasteiger partial charge in [0.2, 0.25) is 0 Å². The summed E-state index contributed by atoms with van der Waals surface area (Å²) in [5.74, 6) is 0.618. The maximum atomic E-state index is 9.93. The molecule has 0 aliphatic rings. The molecule has 96 valence electrons. The van der Waals surface area contributed by atoms with Gasteiger partial charge in [0.05, 0.1) is 6.26 Å². The van der Waals surface area contributed by atoms with Gasteiger partial charge in [0.15, 0.2) is 0 Å². The van der Waals surface area contributed by atoms with E-state index in [0.717, 1.165) is 6.54 Å². The Morgan fingerprint density at radius 3 is 2.78 bits per heavy atom. The van der Waals surface area contributed by atoms with Crippen molar-refractivity contribution in [3.8, 4) is 0 Å². The number of hydrogen-bond donors (Lipinski definition) is 2. The number of pyridine rings is 1. The van der Waals surface area contributed by atoms with E-state index in [9.17, 15) is 5.11 Å². The average molecular weight is 246 g/mol. The molecule has 4 heteroatoms. The molecule has 0 radical (unpaired) electrons. The van der Waals surface area contributed by atoms with Crippen LogP contribution in [-0.4, -0.2) is 16.1 Å². The van der Waals surface area contributed by atoms with Gasteiger partial charge in [-0.2, -0.15) is 0 Å². The molecule has 0 saturated heterocycles. The fraction of sp³-hybridized carbons (Fsp3) is 0.357. The third-order valence-electron chi connectivity index (χ3n) is 2.85. The number of aliphatic hydroxyl groups excluding tert-OH is 1. The third-order valence-corrected chi connectivity index (χ3v) is 2.85. The summed E-state index contributed by atoms with van der Waals surface area (Å²) in [4.78, 5) is 3.97. The molecule has 0 aromatic carbocycles. The Kier molecular flexibility index (Phi) is 4.50. The van der Waals surface area contributed by atoms with Gasteiger partial charge in [0.1, 0.15) is 11.9 Å². The van der Waals surface area contributed by atoms with Crippen LogP contribution < -0.4 is 5.32 Å². The number of hydrogen-bond acceptors (Lipinski definition) is 4. The summed E-state index contributed by atoms with van der Waals surface area (Å²) in [5.41, 5.74) is 1.18. The zero-order chi connectivity index (χ0) is 12.8. The van der Waals surface area contributed by atoms with Crippen LogP contribution in [0, 0.1) is 0 Å². The molecule has 0 fully saturated rings. The molecule has 2 atom stereocenters. The summed E-state index contributed by atoms with van der Waals surface area (Å²) < 4.78 is 5.17. The minimum absolute atomic E-state index is 0.207. The lowest BCUT2D eigenvalue weighted by molar-refractivity contribution is 0.128. The molecule has 2 aromatic rings. The molecule has 0 spiro atoms. The molecule has 2 aromatic heterocycles. The highest BCUT2D eigenvalue weighted by Crippen LogP contribution is 2.18. The predicted octanol–water partition coefficient (Wildman–Crippen LogP) is 2.28. The normalized spacial score (nSPS) is 14.3. The minimum Gasteiger partial charge on any atom is -0.467 e. The first-order valence-corrected chi connectivity index (χ1v) is 6.09. The lowest BCUT2D eigenvalue weighted by Gasteiger charge is -2.16. The highest BCUT2D eigenvalue weighted by molar-refractivity contribution is 5.09. The number of aliphatic hydroxyl groups is 1. The molecule has 2 heterocycles. The van der Waals surface area contributed by atoms with E-state index in [4.69, 9.17) is 4.42 Å². The molecule has 4 nitrogen and oxygen atoms in total. The second-order valence-corrected chi connectivity index (χ2v) is 4.40.